The van der Waals surface area contributed by atoms with Gasteiger partial charge in [-0.2, -0.15) is 0 Å². The Kier molecular flexibility index (Phi) is 6.51. The van der Waals surface area contributed by atoms with E-state index in [9.17, 15) is 0 Å². The third kappa shape index (κ3) is 4.31. The summed E-state index contributed by atoms with van der Waals surface area (Å²) in [5.41, 5.74) is 2.25. The molecule has 0 saturated heterocycles. The molecule has 0 aliphatic carbocycles. The van der Waals surface area contributed by atoms with Crippen molar-refractivity contribution in [1.29, 1.82) is 0 Å². The van der Waals surface area contributed by atoms with Gasteiger partial charge in [-0.05, 0) is 51.8 Å². The molecule has 0 amide bonds. The van der Waals surface area contributed by atoms with Gasteiger partial charge >= 0.3 is 9.05 Å². The van der Waals surface area contributed by atoms with Gasteiger partial charge in [-0.25, -0.2) is 0 Å². The number of hydrogen-bond acceptors (Lipinski definition) is 4. The number of benzene rings is 1. The minimum atomic E-state index is -3.09. The zero-order chi connectivity index (χ0) is 14.3. The summed E-state index contributed by atoms with van der Waals surface area (Å²) in [6.07, 6.45) is 0. The molecule has 0 radical (unpaired) electrons. The SMILES string of the molecule is CCO[Si](OCC)(OCC)Oc1cccc(C)c1C. The van der Waals surface area contributed by atoms with Crippen LogP contribution in [0.15, 0.2) is 18.2 Å². The van der Waals surface area contributed by atoms with Gasteiger partial charge in [0.15, 0.2) is 0 Å². The van der Waals surface area contributed by atoms with Crippen LogP contribution in [-0.2, 0) is 13.3 Å². The summed E-state index contributed by atoms with van der Waals surface area (Å²) in [6, 6.07) is 5.93. The summed E-state index contributed by atoms with van der Waals surface area (Å²) in [5, 5.41) is 0. The van der Waals surface area contributed by atoms with Crippen molar-refractivity contribution < 1.29 is 17.7 Å². The van der Waals surface area contributed by atoms with Crippen molar-refractivity contribution in [3.63, 3.8) is 0 Å². The van der Waals surface area contributed by atoms with Crippen LogP contribution in [0, 0.1) is 13.8 Å². The Labute approximate surface area is 117 Å². The summed E-state index contributed by atoms with van der Waals surface area (Å²) < 4.78 is 23.1. The van der Waals surface area contributed by atoms with E-state index in [1.54, 1.807) is 0 Å². The fraction of sp³-hybridized carbons (Fsp3) is 0.571. The molecule has 0 aliphatic rings. The normalized spacial score (nSPS) is 11.6. The van der Waals surface area contributed by atoms with E-state index < -0.39 is 9.05 Å². The summed E-state index contributed by atoms with van der Waals surface area (Å²) in [6.45, 7) is 11.3. The second-order valence-corrected chi connectivity index (χ2v) is 6.17. The van der Waals surface area contributed by atoms with Crippen molar-refractivity contribution in [3.05, 3.63) is 29.3 Å². The molecule has 0 heterocycles. The molecule has 0 aliphatic heterocycles. The average Bonchev–Trinajstić information content (AvgIpc) is 2.36. The van der Waals surface area contributed by atoms with Crippen LogP contribution < -0.4 is 4.43 Å². The molecule has 1 rings (SSSR count). The van der Waals surface area contributed by atoms with E-state index >= 15 is 0 Å². The van der Waals surface area contributed by atoms with Crippen LogP contribution in [0.1, 0.15) is 31.9 Å². The molecule has 4 nitrogen and oxygen atoms in total. The fourth-order valence-electron chi connectivity index (χ4n) is 1.71. The maximum Gasteiger partial charge on any atom is 0.749 e. The van der Waals surface area contributed by atoms with Gasteiger partial charge in [0.2, 0.25) is 0 Å². The predicted octanol–water partition coefficient (Wildman–Crippen LogP) is 3.23. The summed E-state index contributed by atoms with van der Waals surface area (Å²) in [7, 11) is -3.09. The molecule has 19 heavy (non-hydrogen) atoms. The molecule has 0 bridgehead atoms. The molecular formula is C14H24O4Si. The van der Waals surface area contributed by atoms with Gasteiger partial charge in [0.25, 0.3) is 0 Å². The maximum absolute atomic E-state index is 6.01. The first kappa shape index (κ1) is 16.2. The fourth-order valence-corrected chi connectivity index (χ4v) is 3.69. The minimum Gasteiger partial charge on any atom is -0.480 e. The van der Waals surface area contributed by atoms with Crippen molar-refractivity contribution in [2.24, 2.45) is 0 Å². The average molecular weight is 284 g/mol. The predicted molar refractivity (Wildman–Crippen MR) is 77.2 cm³/mol. The second-order valence-electron chi connectivity index (χ2n) is 4.10. The van der Waals surface area contributed by atoms with Crippen LogP contribution in [0.3, 0.4) is 0 Å². The van der Waals surface area contributed by atoms with Gasteiger partial charge in [0.05, 0.1) is 0 Å². The molecule has 108 valence electrons. The Morgan fingerprint density at radius 2 is 1.42 bits per heavy atom. The number of rotatable bonds is 8. The molecule has 1 aromatic carbocycles. The quantitative estimate of drug-likeness (QED) is 0.687. The van der Waals surface area contributed by atoms with Crippen LogP contribution in [0.2, 0.25) is 0 Å². The van der Waals surface area contributed by atoms with Gasteiger partial charge in [0, 0.05) is 19.8 Å². The van der Waals surface area contributed by atoms with E-state index in [1.807, 2.05) is 52.8 Å². The Bertz CT molecular complexity index is 378. The van der Waals surface area contributed by atoms with Gasteiger partial charge in [0.1, 0.15) is 5.75 Å². The minimum absolute atomic E-state index is 0.497. The summed E-state index contributed by atoms with van der Waals surface area (Å²) >= 11 is 0. The van der Waals surface area contributed by atoms with Crippen molar-refractivity contribution in [2.75, 3.05) is 19.8 Å². The first-order valence-electron chi connectivity index (χ1n) is 6.75. The van der Waals surface area contributed by atoms with Crippen molar-refractivity contribution in [1.82, 2.24) is 0 Å². The van der Waals surface area contributed by atoms with Crippen LogP contribution in [-0.4, -0.2) is 28.9 Å². The molecule has 5 heteroatoms. The maximum atomic E-state index is 6.01. The van der Waals surface area contributed by atoms with Crippen LogP contribution in [0.25, 0.3) is 0 Å². The standard InChI is InChI=1S/C14H24O4Si/c1-6-15-19(16-7-2,17-8-3)18-14-11-9-10-12(4)13(14)5/h9-11H,6-8H2,1-5H3. The topological polar surface area (TPSA) is 36.9 Å². The molecule has 0 saturated carbocycles. The van der Waals surface area contributed by atoms with E-state index in [-0.39, 0.29) is 0 Å². The van der Waals surface area contributed by atoms with E-state index in [0.717, 1.165) is 11.3 Å². The zero-order valence-electron chi connectivity index (χ0n) is 12.5. The van der Waals surface area contributed by atoms with Crippen molar-refractivity contribution in [2.45, 2.75) is 34.6 Å². The Hall–Kier alpha value is -0.883. The lowest BCUT2D eigenvalue weighted by Crippen LogP contribution is -2.52. The van der Waals surface area contributed by atoms with E-state index in [0.29, 0.717) is 19.8 Å². The van der Waals surface area contributed by atoms with Gasteiger partial charge in [-0.3, -0.25) is 0 Å². The number of aryl methyl sites for hydroxylation is 1. The highest BCUT2D eigenvalue weighted by atomic mass is 28.4. The monoisotopic (exact) mass is 284 g/mol. The second kappa shape index (κ2) is 7.64. The smallest absolute Gasteiger partial charge is 0.480 e. The van der Waals surface area contributed by atoms with E-state index in [2.05, 4.69) is 0 Å². The first-order chi connectivity index (χ1) is 9.08. The molecule has 0 unspecified atom stereocenters. The molecule has 0 atom stereocenters. The van der Waals surface area contributed by atoms with E-state index in [4.69, 9.17) is 17.7 Å². The lowest BCUT2D eigenvalue weighted by molar-refractivity contribution is 0.00949. The van der Waals surface area contributed by atoms with Gasteiger partial charge in [-0.1, -0.05) is 12.1 Å². The van der Waals surface area contributed by atoms with Gasteiger partial charge in [-0.15, -0.1) is 0 Å². The van der Waals surface area contributed by atoms with Crippen molar-refractivity contribution >= 4 is 9.05 Å². The summed E-state index contributed by atoms with van der Waals surface area (Å²) in [5.74, 6) is 0.766. The highest BCUT2D eigenvalue weighted by Gasteiger charge is 2.48. The molecule has 0 spiro atoms. The number of hydrogen-bond donors (Lipinski definition) is 0. The lowest BCUT2D eigenvalue weighted by Gasteiger charge is -2.27. The van der Waals surface area contributed by atoms with Crippen LogP contribution in [0.5, 0.6) is 5.75 Å². The lowest BCUT2D eigenvalue weighted by atomic mass is 10.1. The Balaban J connectivity index is 3.00. The van der Waals surface area contributed by atoms with Crippen LogP contribution in [0.4, 0.5) is 0 Å². The summed E-state index contributed by atoms with van der Waals surface area (Å²) in [4.78, 5) is 0. The highest BCUT2D eigenvalue weighted by molar-refractivity contribution is 6.54. The molecule has 1 aromatic rings. The Morgan fingerprint density at radius 1 is 0.895 bits per heavy atom. The molecular weight excluding hydrogens is 260 g/mol. The van der Waals surface area contributed by atoms with E-state index in [1.165, 1.54) is 5.56 Å². The largest absolute Gasteiger partial charge is 0.749 e. The highest BCUT2D eigenvalue weighted by Crippen LogP contribution is 2.25. The van der Waals surface area contributed by atoms with Crippen LogP contribution >= 0.6 is 0 Å². The zero-order valence-corrected chi connectivity index (χ0v) is 13.5. The Morgan fingerprint density at radius 3 is 1.89 bits per heavy atom. The van der Waals surface area contributed by atoms with Crippen molar-refractivity contribution in [3.8, 4) is 5.75 Å². The first-order valence-corrected chi connectivity index (χ1v) is 8.38. The third-order valence-corrected chi connectivity index (χ3v) is 5.15. The van der Waals surface area contributed by atoms with Gasteiger partial charge < -0.3 is 17.7 Å². The molecule has 0 aromatic heterocycles. The molecule has 0 N–H and O–H groups in total. The third-order valence-electron chi connectivity index (χ3n) is 2.75. The molecule has 0 fully saturated rings.